The number of rotatable bonds is 19. The van der Waals surface area contributed by atoms with Gasteiger partial charge in [0.2, 0.25) is 0 Å². The zero-order valence-electron chi connectivity index (χ0n) is 40.8. The summed E-state index contributed by atoms with van der Waals surface area (Å²) < 4.78 is 1.29. The Balaban J connectivity index is -0.0000000483. The van der Waals surface area contributed by atoms with E-state index in [1.165, 1.54) is 87.8 Å². The van der Waals surface area contributed by atoms with Crippen LogP contribution < -0.4 is 27.0 Å². The first-order valence-electron chi connectivity index (χ1n) is 21.7. The second-order valence-corrected chi connectivity index (χ2v) is 14.8. The van der Waals surface area contributed by atoms with Crippen molar-refractivity contribution in [2.45, 2.75) is 200 Å². The second kappa shape index (κ2) is 62.4. The first kappa shape index (κ1) is 84.2. The van der Waals surface area contributed by atoms with Crippen molar-refractivity contribution in [3.05, 3.63) is 35.9 Å². The van der Waals surface area contributed by atoms with Gasteiger partial charge in [-0.1, -0.05) is 78.8 Å². The SMILES string of the molecule is CCC(C)C[NH3+].CCC(C)[N+](CC)(CC)CC.CCC(C)[NH+](CC)CC.CCC(C)[NH2+]Cc1ccccc1.CCC(C)[NH3+].CC[NH2+]C(C)CC.Cl.Cl.Cl.[ClH2+].[ClH2+].[ClH2+]. The molecule has 0 aliphatic heterocycles. The Morgan fingerprint density at radius 2 is 0.964 bits per heavy atom. The van der Waals surface area contributed by atoms with E-state index in [1.807, 2.05) is 0 Å². The fourth-order valence-corrected chi connectivity index (χ4v) is 5.12. The predicted molar refractivity (Wildman–Crippen MR) is 257 cm³/mol. The minimum Gasteiger partial charge on any atom is -0.357 e. The number of nitrogens with one attached hydrogen (secondary N) is 1. The third-order valence-electron chi connectivity index (χ3n) is 11.0. The maximum absolute atomic E-state index is 3.76. The second-order valence-electron chi connectivity index (χ2n) is 14.8. The van der Waals surface area contributed by atoms with E-state index in [0.29, 0.717) is 6.04 Å². The van der Waals surface area contributed by atoms with Gasteiger partial charge in [0.05, 0.1) is 113 Å². The maximum Gasteiger partial charge on any atom is 0.101 e. The van der Waals surface area contributed by atoms with Crippen LogP contribution in [0, 0.1) is 43.1 Å². The van der Waals surface area contributed by atoms with Crippen LogP contribution >= 0.6 is 37.2 Å². The number of nitrogens with two attached hydrogens (primary N) is 2. The van der Waals surface area contributed by atoms with Crippen molar-refractivity contribution in [1.82, 2.24) is 0 Å². The highest BCUT2D eigenvalue weighted by molar-refractivity contribution is 5.86. The number of hydrogen-bond acceptors (Lipinski definition) is 0. The molecule has 0 saturated carbocycles. The molecule has 11 N–H and O–H groups in total. The van der Waals surface area contributed by atoms with Crippen LogP contribution in [0.2, 0.25) is 0 Å². The topological polar surface area (TPSA) is 92.9 Å². The van der Waals surface area contributed by atoms with Crippen molar-refractivity contribution < 1.29 is 68.7 Å². The highest BCUT2D eigenvalue weighted by atomic mass is 35.5. The molecule has 0 fully saturated rings. The monoisotopic (exact) mass is 936 g/mol. The van der Waals surface area contributed by atoms with Crippen LogP contribution in [0.5, 0.6) is 0 Å². The van der Waals surface area contributed by atoms with Gasteiger partial charge in [0.25, 0.3) is 0 Å². The van der Waals surface area contributed by atoms with E-state index in [0.717, 1.165) is 43.2 Å². The lowest BCUT2D eigenvalue weighted by Gasteiger charge is -2.41. The molecule has 1 aromatic rings. The quantitative estimate of drug-likeness (QED) is 0.118. The fraction of sp³-hybridized carbons (Fsp3) is 0.864. The summed E-state index contributed by atoms with van der Waals surface area (Å²) in [6.07, 6.45) is 7.59. The Morgan fingerprint density at radius 1 is 0.571 bits per heavy atom. The van der Waals surface area contributed by atoms with E-state index in [1.54, 1.807) is 4.90 Å². The summed E-state index contributed by atoms with van der Waals surface area (Å²) in [6.45, 7) is 50.3. The molecule has 6 atom stereocenters. The number of hydrogen-bond donors (Lipinski definition) is 5. The van der Waals surface area contributed by atoms with Crippen molar-refractivity contribution in [3.8, 4) is 0 Å². The van der Waals surface area contributed by atoms with Crippen molar-refractivity contribution in [1.29, 1.82) is 0 Å². The first-order valence-corrected chi connectivity index (χ1v) is 21.7. The summed E-state index contributed by atoms with van der Waals surface area (Å²) in [5, 5.41) is 4.73. The summed E-state index contributed by atoms with van der Waals surface area (Å²) >= 11 is 0. The molecule has 6 nitrogen and oxygen atoms in total. The summed E-state index contributed by atoms with van der Waals surface area (Å²) in [4.78, 5) is 1.72. The molecule has 12 heteroatoms. The lowest BCUT2D eigenvalue weighted by Crippen LogP contribution is -3.14. The Labute approximate surface area is 391 Å². The lowest BCUT2D eigenvalue weighted by atomic mass is 10.1. The van der Waals surface area contributed by atoms with Gasteiger partial charge in [-0.25, -0.2) is 0 Å². The van der Waals surface area contributed by atoms with E-state index in [-0.39, 0.29) is 74.4 Å². The maximum atomic E-state index is 3.76. The summed E-state index contributed by atoms with van der Waals surface area (Å²) in [6, 6.07) is 14.5. The normalized spacial score (nSPS) is 12.7. The number of quaternary nitrogens is 6. The summed E-state index contributed by atoms with van der Waals surface area (Å²) in [5.41, 5.74) is 8.93. The zero-order valence-corrected chi connectivity index (χ0v) is 46.0. The van der Waals surface area contributed by atoms with Crippen LogP contribution in [0.3, 0.4) is 0 Å². The average molecular weight is 939 g/mol. The Morgan fingerprint density at radius 3 is 1.14 bits per heavy atom. The highest BCUT2D eigenvalue weighted by Gasteiger charge is 2.26. The minimum atomic E-state index is 0. The molecule has 1 aromatic carbocycles. The molecule has 0 aromatic heterocycles. The van der Waals surface area contributed by atoms with Crippen molar-refractivity contribution in [3.63, 3.8) is 0 Å². The molecule has 0 spiro atoms. The van der Waals surface area contributed by atoms with E-state index in [9.17, 15) is 0 Å². The van der Waals surface area contributed by atoms with Crippen LogP contribution in [0.4, 0.5) is 0 Å². The standard InChI is InChI=1S/C11H17N.C10H24N.C8H19N.C6H15N.C5H13N.C4H11N.3ClH2.3ClH/c1-3-10(2)12-9-11-7-5-4-6-8-11;1-6-10(5)11(7-2,8-3)9-4;1-5-8(4)9(6-2)7-3;1-4-6(3)7-5-2;1-3-5(2)4-6;1-3-4(2)5;;;;;;/h4-8,10,12H,3,9H2,1-2H3;10H,6-9H2,1-5H3;8H,5-7H2,1-4H3;6-7H,4-5H2,1-3H3;5H,3-4,6H2,1-2H3;4H,3,5H2,1-2H3;3*1H2;3*1H/q;+1;;;;;3*+1;;;/p+5. The van der Waals surface area contributed by atoms with Gasteiger partial charge in [-0.15, -0.1) is 37.2 Å². The largest absolute Gasteiger partial charge is 0.357 e. The molecule has 0 heterocycles. The van der Waals surface area contributed by atoms with Gasteiger partial charge in [0.1, 0.15) is 6.54 Å². The van der Waals surface area contributed by atoms with Crippen LogP contribution in [-0.4, -0.2) is 80.5 Å². The van der Waals surface area contributed by atoms with E-state index >= 15 is 0 Å². The first-order chi connectivity index (χ1) is 23.6. The Hall–Kier alpha value is 0.720. The Bertz CT molecular complexity index is 736. The van der Waals surface area contributed by atoms with Gasteiger partial charge in [-0.3, -0.25) is 0 Å². The molecular formula is C44H113Cl6N6+9. The van der Waals surface area contributed by atoms with Gasteiger partial charge in [0, 0.05) is 11.5 Å². The molecule has 0 radical (unpaired) electrons. The van der Waals surface area contributed by atoms with E-state index < -0.39 is 0 Å². The highest BCUT2D eigenvalue weighted by Crippen LogP contribution is 2.15. The van der Waals surface area contributed by atoms with Gasteiger partial charge in [-0.2, -0.15) is 0 Å². The smallest absolute Gasteiger partial charge is 0.101 e. The lowest BCUT2D eigenvalue weighted by molar-refractivity contribution is -0.945. The van der Waals surface area contributed by atoms with Gasteiger partial charge in [-0.05, 0) is 115 Å². The van der Waals surface area contributed by atoms with Gasteiger partial charge >= 0.3 is 0 Å². The summed E-state index contributed by atoms with van der Waals surface area (Å²) in [5.74, 6) is 0.824. The molecule has 0 bridgehead atoms. The average Bonchev–Trinajstić information content (AvgIpc) is 3.16. The molecule has 6 unspecified atom stereocenters. The molecular weight excluding hydrogens is 825 g/mol. The van der Waals surface area contributed by atoms with Crippen molar-refractivity contribution in [2.24, 2.45) is 5.92 Å². The molecule has 352 valence electrons. The fourth-order valence-electron chi connectivity index (χ4n) is 5.12. The molecule has 0 saturated heterocycles. The van der Waals surface area contributed by atoms with Gasteiger partial charge < -0.3 is 31.5 Å². The third kappa shape index (κ3) is 54.7. The molecule has 56 heavy (non-hydrogen) atoms. The number of nitrogens with zero attached hydrogens (tertiary/aromatic N) is 1. The third-order valence-corrected chi connectivity index (χ3v) is 11.0. The molecule has 1 rings (SSSR count). The van der Waals surface area contributed by atoms with Gasteiger partial charge in [0.15, 0.2) is 0 Å². The molecule has 0 amide bonds. The van der Waals surface area contributed by atoms with Crippen LogP contribution in [0.15, 0.2) is 30.3 Å². The van der Waals surface area contributed by atoms with Crippen molar-refractivity contribution in [2.75, 3.05) is 45.8 Å². The van der Waals surface area contributed by atoms with Crippen molar-refractivity contribution >= 4 is 37.2 Å². The van der Waals surface area contributed by atoms with Crippen LogP contribution in [0.25, 0.3) is 0 Å². The van der Waals surface area contributed by atoms with E-state index in [2.05, 4.69) is 177 Å². The van der Waals surface area contributed by atoms with E-state index in [4.69, 9.17) is 0 Å². The predicted octanol–water partition coefficient (Wildman–Crippen LogP) is 5.25. The minimum absolute atomic E-state index is 0. The molecule has 0 aliphatic carbocycles. The zero-order chi connectivity index (χ0) is 40.0. The van der Waals surface area contributed by atoms with Crippen LogP contribution in [-0.2, 0) is 6.54 Å². The summed E-state index contributed by atoms with van der Waals surface area (Å²) in [7, 11) is 0. The number of benzene rings is 1. The Kier molecular flexibility index (Phi) is 93.8. The number of halogens is 6. The molecule has 0 aliphatic rings. The van der Waals surface area contributed by atoms with Crippen LogP contribution in [0.1, 0.15) is 169 Å².